The summed E-state index contributed by atoms with van der Waals surface area (Å²) >= 11 is 0. The molecule has 1 nitrogen and oxygen atoms in total. The summed E-state index contributed by atoms with van der Waals surface area (Å²) in [5.74, 6) is 1.12. The summed E-state index contributed by atoms with van der Waals surface area (Å²) in [4.78, 5) is 0. The van der Waals surface area contributed by atoms with Gasteiger partial charge in [-0.25, -0.2) is 0 Å². The SMILES string of the molecule is CCC1CCC1.CN. The zero-order valence-electron chi connectivity index (χ0n) is 5.98. The van der Waals surface area contributed by atoms with Gasteiger partial charge in [0, 0.05) is 0 Å². The smallest absolute Gasteiger partial charge is 0.0195 e. The van der Waals surface area contributed by atoms with E-state index in [1.165, 1.54) is 32.7 Å². The predicted molar refractivity (Wildman–Crippen MR) is 37.7 cm³/mol. The fourth-order valence-corrected chi connectivity index (χ4v) is 0.901. The van der Waals surface area contributed by atoms with Crippen LogP contribution >= 0.6 is 0 Å². The molecule has 0 unspecified atom stereocenters. The molecule has 0 aromatic carbocycles. The Morgan fingerprint density at radius 1 is 1.38 bits per heavy atom. The van der Waals surface area contributed by atoms with E-state index in [-0.39, 0.29) is 0 Å². The highest BCUT2D eigenvalue weighted by molar-refractivity contribution is 4.66. The first-order chi connectivity index (χ1) is 3.93. The zero-order chi connectivity index (χ0) is 6.41. The van der Waals surface area contributed by atoms with Crippen LogP contribution < -0.4 is 5.73 Å². The Morgan fingerprint density at radius 2 is 1.88 bits per heavy atom. The molecule has 0 spiro atoms. The lowest BCUT2D eigenvalue weighted by molar-refractivity contribution is 0.307. The van der Waals surface area contributed by atoms with Crippen LogP contribution in [0.3, 0.4) is 0 Å². The molecule has 1 rings (SSSR count). The van der Waals surface area contributed by atoms with Gasteiger partial charge in [0.1, 0.15) is 0 Å². The van der Waals surface area contributed by atoms with E-state index in [4.69, 9.17) is 0 Å². The Labute approximate surface area is 52.3 Å². The molecular weight excluding hydrogens is 98.1 g/mol. The molecule has 8 heavy (non-hydrogen) atoms. The molecule has 0 aromatic rings. The highest BCUT2D eigenvalue weighted by Gasteiger charge is 2.13. The molecule has 0 aromatic heterocycles. The van der Waals surface area contributed by atoms with Crippen LogP contribution in [0.25, 0.3) is 0 Å². The molecule has 0 saturated heterocycles. The van der Waals surface area contributed by atoms with Crippen LogP contribution in [-0.2, 0) is 0 Å². The van der Waals surface area contributed by atoms with E-state index in [1.54, 1.807) is 0 Å². The monoisotopic (exact) mass is 115 g/mol. The van der Waals surface area contributed by atoms with Crippen molar-refractivity contribution >= 4 is 0 Å². The lowest BCUT2D eigenvalue weighted by atomic mass is 9.84. The fourth-order valence-electron chi connectivity index (χ4n) is 0.901. The van der Waals surface area contributed by atoms with Crippen LogP contribution in [0.5, 0.6) is 0 Å². The third-order valence-electron chi connectivity index (χ3n) is 1.80. The average Bonchev–Trinajstić information content (AvgIpc) is 1.69. The van der Waals surface area contributed by atoms with Gasteiger partial charge >= 0.3 is 0 Å². The maximum Gasteiger partial charge on any atom is -0.0195 e. The van der Waals surface area contributed by atoms with Gasteiger partial charge in [0.05, 0.1) is 0 Å². The summed E-state index contributed by atoms with van der Waals surface area (Å²) in [6, 6.07) is 0. The van der Waals surface area contributed by atoms with Crippen LogP contribution in [-0.4, -0.2) is 7.05 Å². The Kier molecular flexibility index (Phi) is 5.08. The third-order valence-corrected chi connectivity index (χ3v) is 1.80. The van der Waals surface area contributed by atoms with Crippen molar-refractivity contribution in [2.24, 2.45) is 11.7 Å². The predicted octanol–water partition coefficient (Wildman–Crippen LogP) is 1.77. The molecule has 0 bridgehead atoms. The van der Waals surface area contributed by atoms with Crippen molar-refractivity contribution in [3.05, 3.63) is 0 Å². The molecule has 0 radical (unpaired) electrons. The van der Waals surface area contributed by atoms with Gasteiger partial charge in [0.25, 0.3) is 0 Å². The summed E-state index contributed by atoms with van der Waals surface area (Å²) in [7, 11) is 1.50. The normalized spacial score (nSPS) is 18.4. The molecular formula is C7H17N. The molecule has 0 atom stereocenters. The number of hydrogen-bond donors (Lipinski definition) is 1. The first kappa shape index (κ1) is 7.96. The highest BCUT2D eigenvalue weighted by Crippen LogP contribution is 2.28. The van der Waals surface area contributed by atoms with Gasteiger partial charge in [0.15, 0.2) is 0 Å². The topological polar surface area (TPSA) is 26.0 Å². The lowest BCUT2D eigenvalue weighted by Crippen LogP contribution is -2.08. The van der Waals surface area contributed by atoms with Crippen LogP contribution in [0.1, 0.15) is 32.6 Å². The Balaban J connectivity index is 0.000000222. The van der Waals surface area contributed by atoms with Crippen molar-refractivity contribution < 1.29 is 0 Å². The molecule has 0 aliphatic heterocycles. The minimum absolute atomic E-state index is 1.12. The van der Waals surface area contributed by atoms with Crippen molar-refractivity contribution in [3.63, 3.8) is 0 Å². The fraction of sp³-hybridized carbons (Fsp3) is 1.00. The summed E-state index contributed by atoms with van der Waals surface area (Å²) in [5, 5.41) is 0. The van der Waals surface area contributed by atoms with E-state index in [0.717, 1.165) is 5.92 Å². The van der Waals surface area contributed by atoms with E-state index in [0.29, 0.717) is 0 Å². The zero-order valence-corrected chi connectivity index (χ0v) is 5.98. The molecule has 1 saturated carbocycles. The van der Waals surface area contributed by atoms with E-state index < -0.39 is 0 Å². The van der Waals surface area contributed by atoms with Gasteiger partial charge in [-0.3, -0.25) is 0 Å². The van der Waals surface area contributed by atoms with E-state index in [9.17, 15) is 0 Å². The second-order valence-corrected chi connectivity index (χ2v) is 2.21. The minimum atomic E-state index is 1.12. The Morgan fingerprint density at radius 3 is 1.88 bits per heavy atom. The second-order valence-electron chi connectivity index (χ2n) is 2.21. The Hall–Kier alpha value is -0.0400. The van der Waals surface area contributed by atoms with Crippen molar-refractivity contribution in [3.8, 4) is 0 Å². The molecule has 1 aliphatic carbocycles. The summed E-state index contributed by atoms with van der Waals surface area (Å²) in [5.41, 5.74) is 4.50. The quantitative estimate of drug-likeness (QED) is 0.553. The Bertz CT molecular complexity index is 36.9. The van der Waals surface area contributed by atoms with Crippen LogP contribution in [0.15, 0.2) is 0 Å². The first-order valence-electron chi connectivity index (χ1n) is 3.51. The molecule has 1 fully saturated rings. The maximum absolute atomic E-state index is 4.50. The summed E-state index contributed by atoms with van der Waals surface area (Å²) < 4.78 is 0. The van der Waals surface area contributed by atoms with E-state index in [1.807, 2.05) is 0 Å². The molecule has 50 valence electrons. The molecule has 2 N–H and O–H groups in total. The second kappa shape index (κ2) is 5.10. The van der Waals surface area contributed by atoms with Gasteiger partial charge in [-0.2, -0.15) is 0 Å². The average molecular weight is 115 g/mol. The van der Waals surface area contributed by atoms with Crippen molar-refractivity contribution in [1.29, 1.82) is 0 Å². The van der Waals surface area contributed by atoms with E-state index in [2.05, 4.69) is 12.7 Å². The van der Waals surface area contributed by atoms with Gasteiger partial charge in [-0.05, 0) is 13.0 Å². The largest absolute Gasteiger partial charge is 0.333 e. The standard InChI is InChI=1S/C6H12.CH5N/c1-2-6-4-3-5-6;1-2/h6H,2-5H2,1H3;2H2,1H3. The molecule has 1 aliphatic rings. The molecule has 1 heteroatoms. The third kappa shape index (κ3) is 2.31. The summed E-state index contributed by atoms with van der Waals surface area (Å²) in [6.45, 7) is 2.28. The molecule has 0 amide bonds. The highest BCUT2D eigenvalue weighted by atomic mass is 14.4. The summed E-state index contributed by atoms with van der Waals surface area (Å²) in [6.07, 6.45) is 5.94. The maximum atomic E-state index is 4.50. The van der Waals surface area contributed by atoms with Gasteiger partial charge in [-0.15, -0.1) is 0 Å². The van der Waals surface area contributed by atoms with Crippen molar-refractivity contribution in [2.45, 2.75) is 32.6 Å². The van der Waals surface area contributed by atoms with Crippen LogP contribution in [0.4, 0.5) is 0 Å². The number of rotatable bonds is 1. The first-order valence-corrected chi connectivity index (χ1v) is 3.51. The van der Waals surface area contributed by atoms with Crippen LogP contribution in [0, 0.1) is 5.92 Å². The minimum Gasteiger partial charge on any atom is -0.333 e. The van der Waals surface area contributed by atoms with Crippen molar-refractivity contribution in [2.75, 3.05) is 7.05 Å². The molecule has 0 heterocycles. The van der Waals surface area contributed by atoms with Gasteiger partial charge in [0.2, 0.25) is 0 Å². The van der Waals surface area contributed by atoms with Crippen molar-refractivity contribution in [1.82, 2.24) is 0 Å². The van der Waals surface area contributed by atoms with Gasteiger partial charge < -0.3 is 5.73 Å². The van der Waals surface area contributed by atoms with Gasteiger partial charge in [-0.1, -0.05) is 32.6 Å². The lowest BCUT2D eigenvalue weighted by Gasteiger charge is -2.22. The number of hydrogen-bond acceptors (Lipinski definition) is 1. The van der Waals surface area contributed by atoms with E-state index >= 15 is 0 Å². The number of nitrogens with two attached hydrogens (primary N) is 1. The van der Waals surface area contributed by atoms with Crippen LogP contribution in [0.2, 0.25) is 0 Å².